The van der Waals surface area contributed by atoms with E-state index in [0.717, 1.165) is 4.90 Å². The molecule has 23 heavy (non-hydrogen) atoms. The first-order chi connectivity index (χ1) is 10.8. The molecule has 0 aliphatic carbocycles. The fourth-order valence-corrected chi connectivity index (χ4v) is 3.32. The van der Waals surface area contributed by atoms with Gasteiger partial charge in [-0.1, -0.05) is 12.1 Å². The molecule has 0 saturated heterocycles. The largest absolute Gasteiger partial charge is 0.480 e. The highest BCUT2D eigenvalue weighted by Crippen LogP contribution is 2.22. The van der Waals surface area contributed by atoms with E-state index in [0.29, 0.717) is 17.5 Å². The second kappa shape index (κ2) is 6.88. The van der Waals surface area contributed by atoms with E-state index < -0.39 is 22.5 Å². The molecule has 0 aromatic heterocycles. The van der Waals surface area contributed by atoms with E-state index in [1.165, 1.54) is 0 Å². The highest BCUT2D eigenvalue weighted by Gasteiger charge is 2.34. The molecule has 1 aromatic rings. The van der Waals surface area contributed by atoms with Gasteiger partial charge in [-0.3, -0.25) is 19.3 Å². The number of unbranched alkanes of at least 4 members (excludes halogenated alkanes) is 1. The van der Waals surface area contributed by atoms with Crippen molar-refractivity contribution in [1.29, 1.82) is 0 Å². The smallest absolute Gasteiger partial charge is 0.318 e. The number of carbonyl (C=O) groups is 3. The lowest BCUT2D eigenvalue weighted by Gasteiger charge is -2.13. The Hall–Kier alpha value is -2.26. The van der Waals surface area contributed by atoms with Gasteiger partial charge in [-0.15, -0.1) is 0 Å². The van der Waals surface area contributed by atoms with Crippen molar-refractivity contribution in [2.75, 3.05) is 18.8 Å². The molecule has 1 aromatic carbocycles. The quantitative estimate of drug-likeness (QED) is 0.510. The molecule has 0 atom stereocenters. The minimum absolute atomic E-state index is 0.126. The van der Waals surface area contributed by atoms with Crippen LogP contribution in [0.4, 0.5) is 0 Å². The monoisotopic (exact) mass is 340 g/mol. The van der Waals surface area contributed by atoms with Crippen LogP contribution in [0.5, 0.6) is 0 Å². The molecule has 0 saturated carbocycles. The molecule has 0 unspecified atom stereocenters. The average Bonchev–Trinajstić information content (AvgIpc) is 2.75. The fourth-order valence-electron chi connectivity index (χ4n) is 2.25. The van der Waals surface area contributed by atoms with Crippen molar-refractivity contribution < 1.29 is 27.9 Å². The van der Waals surface area contributed by atoms with Gasteiger partial charge in [0, 0.05) is 6.54 Å². The summed E-state index contributed by atoms with van der Waals surface area (Å²) in [6.07, 6.45) is 0.530. The highest BCUT2D eigenvalue weighted by molar-refractivity contribution is 7.89. The number of nitrogens with zero attached hydrogens (tertiary/aromatic N) is 1. The standard InChI is InChI=1S/C14H16N2O6S/c17-12(18)9-15-23(21,22)8-4-3-7-16-13(19)10-5-1-2-6-11(10)14(16)20/h1-2,5-6,15H,3-4,7-9H2,(H,17,18). The lowest BCUT2D eigenvalue weighted by atomic mass is 10.1. The number of carboxylic acids is 1. The molecular formula is C14H16N2O6S. The zero-order chi connectivity index (χ0) is 17.0. The molecule has 2 rings (SSSR count). The number of carboxylic acid groups (broad SMARTS) is 1. The van der Waals surface area contributed by atoms with E-state index >= 15 is 0 Å². The topological polar surface area (TPSA) is 121 Å². The lowest BCUT2D eigenvalue weighted by molar-refractivity contribution is -0.135. The van der Waals surface area contributed by atoms with E-state index in [1.54, 1.807) is 24.3 Å². The Labute approximate surface area is 133 Å². The van der Waals surface area contributed by atoms with Crippen LogP contribution in [-0.2, 0) is 14.8 Å². The van der Waals surface area contributed by atoms with Crippen LogP contribution in [0, 0.1) is 0 Å². The summed E-state index contributed by atoms with van der Waals surface area (Å²) < 4.78 is 25.0. The summed E-state index contributed by atoms with van der Waals surface area (Å²) in [5, 5.41) is 8.43. The zero-order valence-electron chi connectivity index (χ0n) is 12.2. The number of hydrogen-bond acceptors (Lipinski definition) is 5. The maximum absolute atomic E-state index is 12.1. The van der Waals surface area contributed by atoms with E-state index in [2.05, 4.69) is 0 Å². The molecule has 2 amide bonds. The number of carbonyl (C=O) groups excluding carboxylic acids is 2. The predicted octanol–water partition coefficient (Wildman–Crippen LogP) is 0.0668. The zero-order valence-corrected chi connectivity index (χ0v) is 13.0. The van der Waals surface area contributed by atoms with Crippen LogP contribution >= 0.6 is 0 Å². The van der Waals surface area contributed by atoms with Gasteiger partial charge in [0.15, 0.2) is 0 Å². The maximum Gasteiger partial charge on any atom is 0.318 e. The van der Waals surface area contributed by atoms with Gasteiger partial charge in [-0.25, -0.2) is 13.1 Å². The fraction of sp³-hybridized carbons (Fsp3) is 0.357. The number of fused-ring (bicyclic) bond motifs is 1. The van der Waals surface area contributed by atoms with Crippen LogP contribution in [0.25, 0.3) is 0 Å². The average molecular weight is 340 g/mol. The molecule has 2 N–H and O–H groups in total. The van der Waals surface area contributed by atoms with Crippen LogP contribution in [-0.4, -0.2) is 55.1 Å². The minimum Gasteiger partial charge on any atom is -0.480 e. The summed E-state index contributed by atoms with van der Waals surface area (Å²) >= 11 is 0. The van der Waals surface area contributed by atoms with Crippen LogP contribution in [0.15, 0.2) is 24.3 Å². The van der Waals surface area contributed by atoms with Crippen molar-refractivity contribution in [3.63, 3.8) is 0 Å². The molecule has 8 nitrogen and oxygen atoms in total. The van der Waals surface area contributed by atoms with Gasteiger partial charge in [-0.05, 0) is 25.0 Å². The first kappa shape index (κ1) is 17.1. The highest BCUT2D eigenvalue weighted by atomic mass is 32.2. The molecule has 0 spiro atoms. The Balaban J connectivity index is 1.83. The number of imide groups is 1. The molecular weight excluding hydrogens is 324 g/mol. The van der Waals surface area contributed by atoms with Crippen molar-refractivity contribution in [1.82, 2.24) is 9.62 Å². The van der Waals surface area contributed by atoms with Crippen molar-refractivity contribution >= 4 is 27.8 Å². The lowest BCUT2D eigenvalue weighted by Crippen LogP contribution is -2.33. The Morgan fingerprint density at radius 3 is 2.17 bits per heavy atom. The summed E-state index contributed by atoms with van der Waals surface area (Å²) in [5.74, 6) is -2.28. The van der Waals surface area contributed by atoms with Crippen LogP contribution in [0.2, 0.25) is 0 Å². The molecule has 0 fully saturated rings. The van der Waals surface area contributed by atoms with E-state index in [-0.39, 0.29) is 30.5 Å². The van der Waals surface area contributed by atoms with E-state index in [9.17, 15) is 22.8 Å². The molecule has 1 aliphatic rings. The van der Waals surface area contributed by atoms with Gasteiger partial charge < -0.3 is 5.11 Å². The molecule has 0 radical (unpaired) electrons. The Kier molecular flexibility index (Phi) is 5.12. The third kappa shape index (κ3) is 4.14. The van der Waals surface area contributed by atoms with Crippen LogP contribution in [0.3, 0.4) is 0 Å². The van der Waals surface area contributed by atoms with Crippen molar-refractivity contribution in [3.8, 4) is 0 Å². The number of amides is 2. The first-order valence-electron chi connectivity index (χ1n) is 6.96. The predicted molar refractivity (Wildman–Crippen MR) is 80.5 cm³/mol. The number of rotatable bonds is 8. The minimum atomic E-state index is -3.67. The van der Waals surface area contributed by atoms with Gasteiger partial charge >= 0.3 is 5.97 Å². The van der Waals surface area contributed by atoms with Crippen molar-refractivity contribution in [2.45, 2.75) is 12.8 Å². The van der Waals surface area contributed by atoms with Crippen LogP contribution < -0.4 is 4.72 Å². The third-order valence-electron chi connectivity index (χ3n) is 3.37. The van der Waals surface area contributed by atoms with Crippen LogP contribution in [0.1, 0.15) is 33.6 Å². The SMILES string of the molecule is O=C(O)CNS(=O)(=O)CCCCN1C(=O)c2ccccc2C1=O. The summed E-state index contributed by atoms with van der Waals surface area (Å²) in [5.41, 5.74) is 0.710. The third-order valence-corrected chi connectivity index (χ3v) is 4.78. The van der Waals surface area contributed by atoms with Gasteiger partial charge in [0.1, 0.15) is 6.54 Å². The summed E-state index contributed by atoms with van der Waals surface area (Å²) in [6, 6.07) is 6.51. The van der Waals surface area contributed by atoms with Gasteiger partial charge in [-0.2, -0.15) is 0 Å². The Morgan fingerprint density at radius 2 is 1.65 bits per heavy atom. The van der Waals surface area contributed by atoms with Crippen molar-refractivity contribution in [2.24, 2.45) is 0 Å². The van der Waals surface area contributed by atoms with Crippen molar-refractivity contribution in [3.05, 3.63) is 35.4 Å². The first-order valence-corrected chi connectivity index (χ1v) is 8.61. The van der Waals surface area contributed by atoms with E-state index in [1.807, 2.05) is 4.72 Å². The summed E-state index contributed by atoms with van der Waals surface area (Å²) in [6.45, 7) is -0.540. The number of aliphatic carboxylic acids is 1. The normalized spacial score (nSPS) is 14.2. The molecule has 0 bridgehead atoms. The Bertz CT molecular complexity index is 708. The van der Waals surface area contributed by atoms with Gasteiger partial charge in [0.05, 0.1) is 16.9 Å². The molecule has 9 heteroatoms. The number of sulfonamides is 1. The van der Waals surface area contributed by atoms with Gasteiger partial charge in [0.2, 0.25) is 10.0 Å². The number of benzene rings is 1. The second-order valence-corrected chi connectivity index (χ2v) is 6.97. The number of hydrogen-bond donors (Lipinski definition) is 2. The number of nitrogens with one attached hydrogen (secondary N) is 1. The maximum atomic E-state index is 12.1. The van der Waals surface area contributed by atoms with E-state index in [4.69, 9.17) is 5.11 Å². The molecule has 124 valence electrons. The summed E-state index contributed by atoms with van der Waals surface area (Å²) in [7, 11) is -3.67. The second-order valence-electron chi connectivity index (χ2n) is 5.05. The summed E-state index contributed by atoms with van der Waals surface area (Å²) in [4.78, 5) is 35.6. The Morgan fingerprint density at radius 1 is 1.09 bits per heavy atom. The van der Waals surface area contributed by atoms with Gasteiger partial charge in [0.25, 0.3) is 11.8 Å². The molecule has 1 heterocycles. The molecule has 1 aliphatic heterocycles.